The Kier molecular flexibility index (Phi) is 3.84. The Balaban J connectivity index is 1.62. The van der Waals surface area contributed by atoms with Gasteiger partial charge in [0, 0.05) is 19.3 Å². The lowest BCUT2D eigenvalue weighted by molar-refractivity contribution is 0.377. The van der Waals surface area contributed by atoms with Gasteiger partial charge in [-0.15, -0.1) is 0 Å². The minimum atomic E-state index is 0.309. The summed E-state index contributed by atoms with van der Waals surface area (Å²) in [6.07, 6.45) is 6.34. The summed E-state index contributed by atoms with van der Waals surface area (Å²) < 4.78 is 0. The molecule has 3 rings (SSSR count). The summed E-state index contributed by atoms with van der Waals surface area (Å²) in [7, 11) is 0. The molecule has 0 bridgehead atoms. The van der Waals surface area contributed by atoms with Crippen molar-refractivity contribution in [1.29, 1.82) is 5.26 Å². The van der Waals surface area contributed by atoms with E-state index in [9.17, 15) is 0 Å². The predicted octanol–water partition coefficient (Wildman–Crippen LogP) is 3.17. The summed E-state index contributed by atoms with van der Waals surface area (Å²) in [5.41, 5.74) is 1.19. The molecule has 0 aliphatic carbocycles. The Morgan fingerprint density at radius 3 is 3.05 bits per heavy atom. The van der Waals surface area contributed by atoms with Crippen molar-refractivity contribution in [2.24, 2.45) is 0 Å². The average Bonchev–Trinajstić information content (AvgIpc) is 3.15. The highest BCUT2D eigenvalue weighted by atomic mass is 32.1. The van der Waals surface area contributed by atoms with Gasteiger partial charge in [-0.2, -0.15) is 5.26 Å². The van der Waals surface area contributed by atoms with Crippen LogP contribution < -0.4 is 5.32 Å². The van der Waals surface area contributed by atoms with Gasteiger partial charge in [-0.3, -0.25) is 0 Å². The molecular weight excluding hydrogens is 268 g/mol. The van der Waals surface area contributed by atoms with E-state index in [1.165, 1.54) is 5.56 Å². The average molecular weight is 284 g/mol. The van der Waals surface area contributed by atoms with E-state index in [1.807, 2.05) is 29.3 Å². The Bertz CT molecular complexity index is 602. The highest BCUT2D eigenvalue weighted by molar-refractivity contribution is 7.18. The lowest BCUT2D eigenvalue weighted by Gasteiger charge is -2.18. The second-order valence-electron chi connectivity index (χ2n) is 4.87. The second-order valence-corrected chi connectivity index (χ2v) is 5.90. The van der Waals surface area contributed by atoms with Gasteiger partial charge in [0.1, 0.15) is 0 Å². The van der Waals surface area contributed by atoms with Crippen LogP contribution in [0.25, 0.3) is 10.4 Å². The summed E-state index contributed by atoms with van der Waals surface area (Å²) in [6, 6.07) is 10.6. The van der Waals surface area contributed by atoms with Crippen LogP contribution in [0.1, 0.15) is 12.8 Å². The molecule has 0 amide bonds. The molecular formula is C15H16N4S. The number of nitriles is 1. The number of thiazole rings is 1. The third-order valence-corrected chi connectivity index (χ3v) is 4.56. The third kappa shape index (κ3) is 2.75. The molecule has 0 spiro atoms. The summed E-state index contributed by atoms with van der Waals surface area (Å²) in [6.45, 7) is 1.67. The standard InChI is InChI=1S/C15H16N4S/c16-11-19-8-4-7-13(19)9-17-15-18-10-14(20-15)12-5-2-1-3-6-12/h1-3,5-6,10,13H,4,7-9H2,(H,17,18)/t13-/m1/s1. The molecule has 1 saturated heterocycles. The van der Waals surface area contributed by atoms with Gasteiger partial charge in [-0.1, -0.05) is 41.7 Å². The molecule has 1 aliphatic heterocycles. The van der Waals surface area contributed by atoms with E-state index in [1.54, 1.807) is 11.3 Å². The topological polar surface area (TPSA) is 52.0 Å². The van der Waals surface area contributed by atoms with Gasteiger partial charge < -0.3 is 10.2 Å². The zero-order valence-corrected chi connectivity index (χ0v) is 11.9. The molecule has 0 radical (unpaired) electrons. The normalized spacial score (nSPS) is 17.9. The van der Waals surface area contributed by atoms with Gasteiger partial charge in [0.2, 0.25) is 0 Å². The van der Waals surface area contributed by atoms with Crippen LogP contribution in [0.4, 0.5) is 5.13 Å². The SMILES string of the molecule is N#CN1CCC[C@@H]1CNc1ncc(-c2ccccc2)s1. The molecule has 0 saturated carbocycles. The van der Waals surface area contributed by atoms with Crippen LogP contribution in [-0.4, -0.2) is 29.0 Å². The zero-order chi connectivity index (χ0) is 13.8. The van der Waals surface area contributed by atoms with Crippen molar-refractivity contribution in [2.45, 2.75) is 18.9 Å². The number of rotatable bonds is 4. The first-order chi connectivity index (χ1) is 9.86. The van der Waals surface area contributed by atoms with Gasteiger partial charge in [-0.25, -0.2) is 4.98 Å². The fourth-order valence-electron chi connectivity index (χ4n) is 2.48. The lowest BCUT2D eigenvalue weighted by atomic mass is 10.2. The van der Waals surface area contributed by atoms with Crippen molar-refractivity contribution >= 4 is 16.5 Å². The van der Waals surface area contributed by atoms with Crippen LogP contribution in [0.3, 0.4) is 0 Å². The maximum absolute atomic E-state index is 9.02. The number of hydrogen-bond donors (Lipinski definition) is 1. The van der Waals surface area contributed by atoms with Gasteiger partial charge in [0.15, 0.2) is 11.3 Å². The fraction of sp³-hybridized carbons (Fsp3) is 0.333. The van der Waals surface area contributed by atoms with E-state index in [2.05, 4.69) is 28.6 Å². The maximum Gasteiger partial charge on any atom is 0.183 e. The molecule has 1 aromatic carbocycles. The van der Waals surface area contributed by atoms with Crippen LogP contribution in [0.15, 0.2) is 36.5 Å². The lowest BCUT2D eigenvalue weighted by Crippen LogP contribution is -2.31. The molecule has 2 aromatic rings. The summed E-state index contributed by atoms with van der Waals surface area (Å²) in [5, 5.41) is 13.3. The maximum atomic E-state index is 9.02. The smallest absolute Gasteiger partial charge is 0.183 e. The van der Waals surface area contributed by atoms with Crippen molar-refractivity contribution in [3.63, 3.8) is 0 Å². The Morgan fingerprint density at radius 1 is 1.40 bits per heavy atom. The molecule has 20 heavy (non-hydrogen) atoms. The van der Waals surface area contributed by atoms with E-state index >= 15 is 0 Å². The van der Waals surface area contributed by atoms with Crippen LogP contribution in [-0.2, 0) is 0 Å². The first-order valence-corrected chi connectivity index (χ1v) is 7.60. The molecule has 0 unspecified atom stereocenters. The Hall–Kier alpha value is -2.06. The summed E-state index contributed by atoms with van der Waals surface area (Å²) >= 11 is 1.65. The molecule has 4 nitrogen and oxygen atoms in total. The summed E-state index contributed by atoms with van der Waals surface area (Å²) in [4.78, 5) is 7.43. The zero-order valence-electron chi connectivity index (χ0n) is 11.1. The number of likely N-dealkylation sites (tertiary alicyclic amines) is 1. The van der Waals surface area contributed by atoms with Gasteiger partial charge >= 0.3 is 0 Å². The molecule has 1 fully saturated rings. The number of hydrogen-bond acceptors (Lipinski definition) is 5. The van der Waals surface area contributed by atoms with E-state index in [0.29, 0.717) is 6.04 Å². The number of benzene rings is 1. The minimum absolute atomic E-state index is 0.309. The number of nitrogens with one attached hydrogen (secondary N) is 1. The van der Waals surface area contributed by atoms with Crippen molar-refractivity contribution in [2.75, 3.05) is 18.4 Å². The van der Waals surface area contributed by atoms with Crippen LogP contribution in [0, 0.1) is 11.5 Å². The van der Waals surface area contributed by atoms with Crippen LogP contribution in [0.5, 0.6) is 0 Å². The fourth-order valence-corrected chi connectivity index (χ4v) is 3.30. The largest absolute Gasteiger partial charge is 0.359 e. The molecule has 5 heteroatoms. The van der Waals surface area contributed by atoms with E-state index in [4.69, 9.17) is 5.26 Å². The molecule has 102 valence electrons. The van der Waals surface area contributed by atoms with Crippen molar-refractivity contribution < 1.29 is 0 Å². The first kappa shape index (κ1) is 12.9. The van der Waals surface area contributed by atoms with Crippen molar-refractivity contribution in [1.82, 2.24) is 9.88 Å². The van der Waals surface area contributed by atoms with E-state index in [-0.39, 0.29) is 0 Å². The monoisotopic (exact) mass is 284 g/mol. The highest BCUT2D eigenvalue weighted by Crippen LogP contribution is 2.29. The second kappa shape index (κ2) is 5.93. The molecule has 1 N–H and O–H groups in total. The van der Waals surface area contributed by atoms with Gasteiger partial charge in [-0.05, 0) is 18.4 Å². The molecule has 1 aliphatic rings. The van der Waals surface area contributed by atoms with Crippen LogP contribution in [0.2, 0.25) is 0 Å². The van der Waals surface area contributed by atoms with E-state index < -0.39 is 0 Å². The predicted molar refractivity (Wildman–Crippen MR) is 81.4 cm³/mol. The molecule has 2 heterocycles. The van der Waals surface area contributed by atoms with E-state index in [0.717, 1.165) is 35.9 Å². The van der Waals surface area contributed by atoms with Crippen LogP contribution >= 0.6 is 11.3 Å². The molecule has 1 atom stereocenters. The Morgan fingerprint density at radius 2 is 2.25 bits per heavy atom. The quantitative estimate of drug-likeness (QED) is 0.876. The Labute approximate surface area is 122 Å². The summed E-state index contributed by atoms with van der Waals surface area (Å²) in [5.74, 6) is 0. The molecule has 1 aromatic heterocycles. The highest BCUT2D eigenvalue weighted by Gasteiger charge is 2.23. The third-order valence-electron chi connectivity index (χ3n) is 3.56. The van der Waals surface area contributed by atoms with Crippen molar-refractivity contribution in [3.8, 4) is 16.6 Å². The first-order valence-electron chi connectivity index (χ1n) is 6.78. The number of nitrogens with zero attached hydrogens (tertiary/aromatic N) is 3. The van der Waals surface area contributed by atoms with Gasteiger partial charge in [0.05, 0.1) is 10.9 Å². The number of anilines is 1. The number of aromatic nitrogens is 1. The minimum Gasteiger partial charge on any atom is -0.359 e. The van der Waals surface area contributed by atoms with Crippen molar-refractivity contribution in [3.05, 3.63) is 36.5 Å². The van der Waals surface area contributed by atoms with Gasteiger partial charge in [0.25, 0.3) is 0 Å².